The standard InChI is InChI=1S/C14H11Cl2NO4S/c1-8-5-6-11(9(7-8)14(18)19)17-22(20,21)12-4-2-3-10(15)13(12)16/h2-7,17H,1H3,(H,18,19). The fourth-order valence-corrected chi connectivity index (χ4v) is 3.66. The summed E-state index contributed by atoms with van der Waals surface area (Å²) in [6.07, 6.45) is 0. The minimum atomic E-state index is -4.07. The van der Waals surface area contributed by atoms with Gasteiger partial charge in [0.2, 0.25) is 0 Å². The third-order valence-electron chi connectivity index (χ3n) is 2.86. The van der Waals surface area contributed by atoms with Crippen LogP contribution in [-0.2, 0) is 10.0 Å². The highest BCUT2D eigenvalue weighted by molar-refractivity contribution is 7.92. The summed E-state index contributed by atoms with van der Waals surface area (Å²) in [7, 11) is -4.07. The van der Waals surface area contributed by atoms with Gasteiger partial charge >= 0.3 is 5.97 Å². The van der Waals surface area contributed by atoms with Gasteiger partial charge in [-0.15, -0.1) is 0 Å². The van der Waals surface area contributed by atoms with Crippen LogP contribution in [0.15, 0.2) is 41.3 Å². The molecule has 0 saturated carbocycles. The van der Waals surface area contributed by atoms with E-state index in [2.05, 4.69) is 4.72 Å². The molecule has 0 fully saturated rings. The van der Waals surface area contributed by atoms with Crippen molar-refractivity contribution in [2.45, 2.75) is 11.8 Å². The first-order valence-electron chi connectivity index (χ1n) is 6.03. The number of benzene rings is 2. The van der Waals surface area contributed by atoms with Crippen molar-refractivity contribution in [2.75, 3.05) is 4.72 Å². The van der Waals surface area contributed by atoms with Crippen LogP contribution in [0.25, 0.3) is 0 Å². The summed E-state index contributed by atoms with van der Waals surface area (Å²) in [5.41, 5.74) is 0.497. The Balaban J connectivity index is 2.50. The van der Waals surface area contributed by atoms with E-state index in [9.17, 15) is 18.3 Å². The molecule has 0 atom stereocenters. The summed E-state index contributed by atoms with van der Waals surface area (Å²) in [5, 5.41) is 9.14. The van der Waals surface area contributed by atoms with Crippen LogP contribution in [0.5, 0.6) is 0 Å². The van der Waals surface area contributed by atoms with Crippen LogP contribution in [0, 0.1) is 6.92 Å². The van der Waals surface area contributed by atoms with E-state index in [1.807, 2.05) is 0 Å². The van der Waals surface area contributed by atoms with E-state index >= 15 is 0 Å². The highest BCUT2D eigenvalue weighted by Gasteiger charge is 2.22. The number of carboxylic acids is 1. The van der Waals surface area contributed by atoms with Crippen LogP contribution < -0.4 is 4.72 Å². The summed E-state index contributed by atoms with van der Waals surface area (Å²) in [4.78, 5) is 11.0. The monoisotopic (exact) mass is 359 g/mol. The molecule has 0 spiro atoms. The zero-order valence-corrected chi connectivity index (χ0v) is 13.6. The minimum absolute atomic E-state index is 0.0471. The van der Waals surface area contributed by atoms with E-state index in [4.69, 9.17) is 23.2 Å². The Hall–Kier alpha value is -1.76. The summed E-state index contributed by atoms with van der Waals surface area (Å²) in [6, 6.07) is 8.54. The Bertz CT molecular complexity index is 850. The van der Waals surface area contributed by atoms with Crippen molar-refractivity contribution in [2.24, 2.45) is 0 Å². The van der Waals surface area contributed by atoms with Gasteiger partial charge in [0.15, 0.2) is 0 Å². The number of carboxylic acid groups (broad SMARTS) is 1. The summed E-state index contributed by atoms with van der Waals surface area (Å²) in [6.45, 7) is 1.71. The number of nitrogens with one attached hydrogen (secondary N) is 1. The van der Waals surface area contributed by atoms with Crippen molar-refractivity contribution in [1.29, 1.82) is 0 Å². The number of aromatic carboxylic acids is 1. The molecule has 0 aliphatic carbocycles. The molecular formula is C14H11Cl2NO4S. The predicted octanol–water partition coefficient (Wildman–Crippen LogP) is 3.80. The van der Waals surface area contributed by atoms with E-state index in [1.54, 1.807) is 13.0 Å². The molecule has 0 radical (unpaired) electrons. The van der Waals surface area contributed by atoms with Crippen molar-refractivity contribution < 1.29 is 18.3 Å². The van der Waals surface area contributed by atoms with Gasteiger partial charge in [0.1, 0.15) is 4.90 Å². The van der Waals surface area contributed by atoms with Crippen LogP contribution in [0.2, 0.25) is 10.0 Å². The molecule has 8 heteroatoms. The lowest BCUT2D eigenvalue weighted by atomic mass is 10.1. The van der Waals surface area contributed by atoms with Crippen molar-refractivity contribution in [3.05, 3.63) is 57.6 Å². The normalized spacial score (nSPS) is 11.2. The quantitative estimate of drug-likeness (QED) is 0.869. The fourth-order valence-electron chi connectivity index (χ4n) is 1.82. The van der Waals surface area contributed by atoms with Crippen LogP contribution in [-0.4, -0.2) is 19.5 Å². The van der Waals surface area contributed by atoms with E-state index in [0.29, 0.717) is 5.56 Å². The highest BCUT2D eigenvalue weighted by Crippen LogP contribution is 2.30. The molecule has 0 bridgehead atoms. The maximum absolute atomic E-state index is 12.4. The number of hydrogen-bond donors (Lipinski definition) is 2. The maximum atomic E-state index is 12.4. The fraction of sp³-hybridized carbons (Fsp3) is 0.0714. The Morgan fingerprint density at radius 2 is 1.86 bits per heavy atom. The van der Waals surface area contributed by atoms with Crippen LogP contribution >= 0.6 is 23.2 Å². The van der Waals surface area contributed by atoms with Gasteiger partial charge in [0, 0.05) is 0 Å². The molecule has 2 N–H and O–H groups in total. The molecule has 116 valence electrons. The van der Waals surface area contributed by atoms with Gasteiger partial charge in [-0.1, -0.05) is 40.9 Å². The maximum Gasteiger partial charge on any atom is 0.337 e. The first-order valence-corrected chi connectivity index (χ1v) is 8.27. The number of aryl methyl sites for hydroxylation is 1. The summed E-state index contributed by atoms with van der Waals surface area (Å²) < 4.78 is 27.0. The Morgan fingerprint density at radius 1 is 1.18 bits per heavy atom. The Morgan fingerprint density at radius 3 is 2.50 bits per heavy atom. The van der Waals surface area contributed by atoms with Gasteiger partial charge in [-0.2, -0.15) is 0 Å². The minimum Gasteiger partial charge on any atom is -0.478 e. The predicted molar refractivity (Wildman–Crippen MR) is 85.4 cm³/mol. The van der Waals surface area contributed by atoms with E-state index in [0.717, 1.165) is 0 Å². The molecular weight excluding hydrogens is 349 g/mol. The first kappa shape index (κ1) is 16.6. The van der Waals surface area contributed by atoms with Gasteiger partial charge in [-0.05, 0) is 31.2 Å². The lowest BCUT2D eigenvalue weighted by molar-refractivity contribution is 0.0698. The van der Waals surface area contributed by atoms with Crippen molar-refractivity contribution in [3.8, 4) is 0 Å². The SMILES string of the molecule is Cc1ccc(NS(=O)(=O)c2cccc(Cl)c2Cl)c(C(=O)O)c1. The largest absolute Gasteiger partial charge is 0.478 e. The molecule has 0 amide bonds. The zero-order chi connectivity index (χ0) is 16.5. The van der Waals surface area contributed by atoms with E-state index in [1.165, 1.54) is 30.3 Å². The topological polar surface area (TPSA) is 83.5 Å². The second-order valence-electron chi connectivity index (χ2n) is 4.51. The number of hydrogen-bond acceptors (Lipinski definition) is 3. The summed E-state index contributed by atoms with van der Waals surface area (Å²) >= 11 is 11.7. The third-order valence-corrected chi connectivity index (χ3v) is 5.19. The van der Waals surface area contributed by atoms with E-state index < -0.39 is 16.0 Å². The average molecular weight is 360 g/mol. The van der Waals surface area contributed by atoms with Crippen molar-refractivity contribution in [1.82, 2.24) is 0 Å². The van der Waals surface area contributed by atoms with Crippen molar-refractivity contribution in [3.63, 3.8) is 0 Å². The molecule has 0 unspecified atom stereocenters. The molecule has 0 aliphatic rings. The molecule has 2 rings (SSSR count). The van der Waals surface area contributed by atoms with Gasteiger partial charge < -0.3 is 5.11 Å². The molecule has 0 saturated heterocycles. The second-order valence-corrected chi connectivity index (χ2v) is 6.95. The smallest absolute Gasteiger partial charge is 0.337 e. The molecule has 0 aliphatic heterocycles. The Labute approximate surface area is 137 Å². The van der Waals surface area contributed by atoms with Crippen molar-refractivity contribution >= 4 is 44.9 Å². The second kappa shape index (κ2) is 6.16. The first-order chi connectivity index (χ1) is 10.2. The number of carbonyl (C=O) groups is 1. The van der Waals surface area contributed by atoms with Gasteiger partial charge in [0.25, 0.3) is 10.0 Å². The van der Waals surface area contributed by atoms with Crippen LogP contribution in [0.3, 0.4) is 0 Å². The number of rotatable bonds is 4. The van der Waals surface area contributed by atoms with Gasteiger partial charge in [-0.25, -0.2) is 13.2 Å². The Kier molecular flexibility index (Phi) is 4.65. The van der Waals surface area contributed by atoms with Crippen LogP contribution in [0.1, 0.15) is 15.9 Å². The van der Waals surface area contributed by atoms with Gasteiger partial charge in [0.05, 0.1) is 21.3 Å². The third kappa shape index (κ3) is 3.35. The molecule has 0 aromatic heterocycles. The molecule has 2 aromatic rings. The molecule has 5 nitrogen and oxygen atoms in total. The zero-order valence-electron chi connectivity index (χ0n) is 11.3. The number of sulfonamides is 1. The number of anilines is 1. The van der Waals surface area contributed by atoms with Gasteiger partial charge in [-0.3, -0.25) is 4.72 Å². The molecule has 22 heavy (non-hydrogen) atoms. The average Bonchev–Trinajstić information content (AvgIpc) is 2.43. The highest BCUT2D eigenvalue weighted by atomic mass is 35.5. The van der Waals surface area contributed by atoms with E-state index in [-0.39, 0.29) is 26.2 Å². The lowest BCUT2D eigenvalue weighted by Gasteiger charge is -2.12. The van der Waals surface area contributed by atoms with Crippen LogP contribution in [0.4, 0.5) is 5.69 Å². The lowest BCUT2D eigenvalue weighted by Crippen LogP contribution is -2.16. The number of halogens is 2. The summed E-state index contributed by atoms with van der Waals surface area (Å²) in [5.74, 6) is -1.24. The molecule has 0 heterocycles. The molecule has 2 aromatic carbocycles.